The molecule has 2 aromatic rings. The molecule has 1 aliphatic rings. The summed E-state index contributed by atoms with van der Waals surface area (Å²) in [4.78, 5) is 12.2. The summed E-state index contributed by atoms with van der Waals surface area (Å²) in [5.41, 5.74) is 4.06. The van der Waals surface area contributed by atoms with Gasteiger partial charge in [-0.3, -0.25) is 4.79 Å². The summed E-state index contributed by atoms with van der Waals surface area (Å²) in [6.45, 7) is 1.95. The number of rotatable bonds is 3. The summed E-state index contributed by atoms with van der Waals surface area (Å²) < 4.78 is 11.1. The topological polar surface area (TPSA) is 59.9 Å². The molecule has 6 heteroatoms. The standard InChI is InChI=1S/C17H15ClN2O3/c1-11(12-6-8-13(18)9-7-12)19-20-17(21)16-10-22-14-4-2-3-5-15(14)23-16/h2-9,16H,10H2,1H3,(H,20,21)/b19-11+. The Morgan fingerprint density at radius 1 is 1.17 bits per heavy atom. The van der Waals surface area contributed by atoms with E-state index in [1.165, 1.54) is 0 Å². The number of para-hydroxylation sites is 2. The van der Waals surface area contributed by atoms with E-state index < -0.39 is 6.10 Å². The van der Waals surface area contributed by atoms with Crippen LogP contribution < -0.4 is 14.9 Å². The third kappa shape index (κ3) is 3.63. The molecule has 1 unspecified atom stereocenters. The van der Waals surface area contributed by atoms with Gasteiger partial charge >= 0.3 is 0 Å². The fourth-order valence-electron chi connectivity index (χ4n) is 2.12. The molecule has 1 atom stereocenters. The van der Waals surface area contributed by atoms with Crippen LogP contribution in [0.1, 0.15) is 12.5 Å². The maximum absolute atomic E-state index is 12.2. The fourth-order valence-corrected chi connectivity index (χ4v) is 2.24. The number of hydrogen-bond donors (Lipinski definition) is 1. The number of nitrogens with zero attached hydrogens (tertiary/aromatic N) is 1. The number of carbonyl (C=O) groups is 1. The molecule has 118 valence electrons. The second-order valence-corrected chi connectivity index (χ2v) is 5.48. The Labute approximate surface area is 138 Å². The summed E-state index contributed by atoms with van der Waals surface area (Å²) in [6, 6.07) is 14.4. The lowest BCUT2D eigenvalue weighted by atomic mass is 10.1. The van der Waals surface area contributed by atoms with Crippen LogP contribution in [0.5, 0.6) is 11.5 Å². The third-order valence-corrected chi connectivity index (χ3v) is 3.65. The van der Waals surface area contributed by atoms with Gasteiger partial charge < -0.3 is 9.47 Å². The van der Waals surface area contributed by atoms with E-state index in [2.05, 4.69) is 10.5 Å². The summed E-state index contributed by atoms with van der Waals surface area (Å²) in [7, 11) is 0. The summed E-state index contributed by atoms with van der Waals surface area (Å²) in [5, 5.41) is 4.74. The Morgan fingerprint density at radius 3 is 2.61 bits per heavy atom. The van der Waals surface area contributed by atoms with Gasteiger partial charge in [-0.1, -0.05) is 35.9 Å². The lowest BCUT2D eigenvalue weighted by Crippen LogP contribution is -2.42. The number of ether oxygens (including phenoxy) is 2. The molecular formula is C17H15ClN2O3. The summed E-state index contributed by atoms with van der Waals surface area (Å²) in [6.07, 6.45) is -0.730. The molecule has 0 aromatic heterocycles. The van der Waals surface area contributed by atoms with Crippen molar-refractivity contribution in [2.45, 2.75) is 13.0 Å². The number of hydrazone groups is 1. The Kier molecular flexibility index (Phi) is 4.48. The number of benzene rings is 2. The third-order valence-electron chi connectivity index (χ3n) is 3.40. The van der Waals surface area contributed by atoms with Crippen molar-refractivity contribution in [1.29, 1.82) is 0 Å². The van der Waals surface area contributed by atoms with Crippen LogP contribution in [0.15, 0.2) is 53.6 Å². The van der Waals surface area contributed by atoms with E-state index in [1.54, 1.807) is 31.2 Å². The number of nitrogens with one attached hydrogen (secondary N) is 1. The highest BCUT2D eigenvalue weighted by atomic mass is 35.5. The predicted molar refractivity (Wildman–Crippen MR) is 88.2 cm³/mol. The van der Waals surface area contributed by atoms with Gasteiger partial charge in [0.15, 0.2) is 11.5 Å². The Morgan fingerprint density at radius 2 is 1.87 bits per heavy atom. The minimum Gasteiger partial charge on any atom is -0.485 e. The first-order valence-corrected chi connectivity index (χ1v) is 7.50. The number of carbonyl (C=O) groups excluding carboxylic acids is 1. The molecule has 0 saturated carbocycles. The van der Waals surface area contributed by atoms with E-state index >= 15 is 0 Å². The van der Waals surface area contributed by atoms with Crippen LogP contribution in [0.25, 0.3) is 0 Å². The Balaban J connectivity index is 1.63. The van der Waals surface area contributed by atoms with Crippen molar-refractivity contribution < 1.29 is 14.3 Å². The highest BCUT2D eigenvalue weighted by molar-refractivity contribution is 6.30. The molecule has 1 heterocycles. The normalized spacial score (nSPS) is 16.8. The first kappa shape index (κ1) is 15.4. The first-order chi connectivity index (χ1) is 11.1. The highest BCUT2D eigenvalue weighted by Crippen LogP contribution is 2.30. The Hall–Kier alpha value is -2.53. The minimum absolute atomic E-state index is 0.151. The zero-order valence-corrected chi connectivity index (χ0v) is 13.2. The van der Waals surface area contributed by atoms with Crippen LogP contribution in [0.2, 0.25) is 5.02 Å². The Bertz CT molecular complexity index is 744. The second kappa shape index (κ2) is 6.71. The molecule has 3 rings (SSSR count). The molecule has 0 aliphatic carbocycles. The van der Waals surface area contributed by atoms with Gasteiger partial charge in [-0.15, -0.1) is 0 Å². The van der Waals surface area contributed by atoms with Gasteiger partial charge in [0, 0.05) is 5.02 Å². The molecule has 0 fully saturated rings. The molecule has 0 saturated heterocycles. The zero-order chi connectivity index (χ0) is 16.2. The number of amides is 1. The average Bonchev–Trinajstić information content (AvgIpc) is 2.59. The molecule has 1 aliphatic heterocycles. The zero-order valence-electron chi connectivity index (χ0n) is 12.5. The van der Waals surface area contributed by atoms with Gasteiger partial charge in [-0.05, 0) is 36.8 Å². The first-order valence-electron chi connectivity index (χ1n) is 7.12. The summed E-state index contributed by atoms with van der Waals surface area (Å²) in [5.74, 6) is 0.836. The lowest BCUT2D eigenvalue weighted by Gasteiger charge is -2.24. The molecule has 1 amide bonds. The van der Waals surface area contributed by atoms with Gasteiger partial charge in [0.25, 0.3) is 5.91 Å². The lowest BCUT2D eigenvalue weighted by molar-refractivity contribution is -0.130. The van der Waals surface area contributed by atoms with E-state index in [-0.39, 0.29) is 12.5 Å². The van der Waals surface area contributed by atoms with Gasteiger partial charge in [0.1, 0.15) is 6.61 Å². The molecule has 1 N–H and O–H groups in total. The predicted octanol–water partition coefficient (Wildman–Crippen LogP) is 3.02. The van der Waals surface area contributed by atoms with Crippen molar-refractivity contribution in [2.24, 2.45) is 5.10 Å². The van der Waals surface area contributed by atoms with Gasteiger partial charge in [-0.25, -0.2) is 5.43 Å². The quantitative estimate of drug-likeness (QED) is 0.695. The smallest absolute Gasteiger partial charge is 0.284 e. The van der Waals surface area contributed by atoms with Crippen LogP contribution in [-0.4, -0.2) is 24.3 Å². The van der Waals surface area contributed by atoms with Gasteiger partial charge in [0.05, 0.1) is 5.71 Å². The average molecular weight is 331 g/mol. The number of hydrogen-bond acceptors (Lipinski definition) is 4. The maximum atomic E-state index is 12.2. The van der Waals surface area contributed by atoms with Crippen molar-refractivity contribution in [3.63, 3.8) is 0 Å². The molecule has 23 heavy (non-hydrogen) atoms. The van der Waals surface area contributed by atoms with Crippen LogP contribution in [-0.2, 0) is 4.79 Å². The second-order valence-electron chi connectivity index (χ2n) is 5.04. The van der Waals surface area contributed by atoms with E-state index in [4.69, 9.17) is 21.1 Å². The minimum atomic E-state index is -0.730. The highest BCUT2D eigenvalue weighted by Gasteiger charge is 2.27. The maximum Gasteiger partial charge on any atom is 0.284 e. The largest absolute Gasteiger partial charge is 0.485 e. The molecule has 5 nitrogen and oxygen atoms in total. The van der Waals surface area contributed by atoms with Crippen molar-refractivity contribution in [2.75, 3.05) is 6.61 Å². The molecule has 2 aromatic carbocycles. The van der Waals surface area contributed by atoms with Crippen LogP contribution >= 0.6 is 11.6 Å². The van der Waals surface area contributed by atoms with Crippen molar-refractivity contribution >= 4 is 23.2 Å². The summed E-state index contributed by atoms with van der Waals surface area (Å²) >= 11 is 5.85. The SMILES string of the molecule is C/C(=N\NC(=O)C1COc2ccccc2O1)c1ccc(Cl)cc1. The fraction of sp³-hybridized carbons (Fsp3) is 0.176. The van der Waals surface area contributed by atoms with E-state index in [0.717, 1.165) is 5.56 Å². The van der Waals surface area contributed by atoms with Crippen LogP contribution in [0.4, 0.5) is 0 Å². The molecule has 0 radical (unpaired) electrons. The monoisotopic (exact) mass is 330 g/mol. The van der Waals surface area contributed by atoms with Gasteiger partial charge in [0.2, 0.25) is 6.10 Å². The van der Waals surface area contributed by atoms with E-state index in [0.29, 0.717) is 22.2 Å². The molecular weight excluding hydrogens is 316 g/mol. The molecule has 0 bridgehead atoms. The number of fused-ring (bicyclic) bond motifs is 1. The van der Waals surface area contributed by atoms with Crippen molar-refractivity contribution in [1.82, 2.24) is 5.43 Å². The van der Waals surface area contributed by atoms with E-state index in [9.17, 15) is 4.79 Å². The van der Waals surface area contributed by atoms with Crippen molar-refractivity contribution in [3.8, 4) is 11.5 Å². The van der Waals surface area contributed by atoms with E-state index in [1.807, 2.05) is 24.3 Å². The van der Waals surface area contributed by atoms with Gasteiger partial charge in [-0.2, -0.15) is 5.10 Å². The number of halogens is 1. The van der Waals surface area contributed by atoms with Crippen molar-refractivity contribution in [3.05, 3.63) is 59.1 Å². The van der Waals surface area contributed by atoms with Crippen LogP contribution in [0, 0.1) is 0 Å². The molecule has 0 spiro atoms. The van der Waals surface area contributed by atoms with Crippen LogP contribution in [0.3, 0.4) is 0 Å².